The first kappa shape index (κ1) is 41.7. The molecule has 1 spiro atoms. The van der Waals surface area contributed by atoms with Crippen LogP contribution in [0.15, 0.2) is 97.5 Å². The highest BCUT2D eigenvalue weighted by molar-refractivity contribution is 6.33. The summed E-state index contributed by atoms with van der Waals surface area (Å²) >= 11 is 6.60. The predicted molar refractivity (Wildman–Crippen MR) is 237 cm³/mol. The van der Waals surface area contributed by atoms with E-state index in [-0.39, 0.29) is 30.0 Å². The van der Waals surface area contributed by atoms with Crippen LogP contribution in [0, 0.1) is 5.41 Å². The minimum atomic E-state index is -0.656. The fourth-order valence-electron chi connectivity index (χ4n) is 9.14. The third-order valence-electron chi connectivity index (χ3n) is 12.7. The number of nitrogens with zero attached hydrogens (tertiary/aromatic N) is 6. The number of rotatable bonds is 13. The molecule has 322 valence electrons. The zero-order valence-corrected chi connectivity index (χ0v) is 35.5. The van der Waals surface area contributed by atoms with E-state index in [9.17, 15) is 24.0 Å². The molecule has 3 aromatic carbocycles. The minimum Gasteiger partial charge on any atom is -0.494 e. The largest absolute Gasteiger partial charge is 0.494 e. The molecule has 5 aromatic rings. The Labute approximate surface area is 370 Å². The molecule has 3 fully saturated rings. The summed E-state index contributed by atoms with van der Waals surface area (Å²) in [5.41, 5.74) is 5.76. The van der Waals surface area contributed by atoms with Crippen molar-refractivity contribution in [1.29, 1.82) is 0 Å². The lowest BCUT2D eigenvalue weighted by Gasteiger charge is -2.38. The quantitative estimate of drug-likeness (QED) is 0.0903. The van der Waals surface area contributed by atoms with Gasteiger partial charge in [0.15, 0.2) is 0 Å². The Kier molecular flexibility index (Phi) is 11.9. The molecule has 63 heavy (non-hydrogen) atoms. The highest BCUT2D eigenvalue weighted by atomic mass is 35.5. The van der Waals surface area contributed by atoms with Gasteiger partial charge in [-0.1, -0.05) is 60.1 Å². The number of piperidine rings is 2. The van der Waals surface area contributed by atoms with Crippen LogP contribution in [-0.4, -0.2) is 86.6 Å². The normalized spacial score (nSPS) is 18.2. The fraction of sp³-hybridized carbons (Fsp3) is 0.333. The van der Waals surface area contributed by atoms with Gasteiger partial charge < -0.3 is 24.8 Å². The van der Waals surface area contributed by atoms with Crippen molar-refractivity contribution in [1.82, 2.24) is 30.1 Å². The number of unbranched alkanes of at least 4 members (excludes halogenated alkanes) is 2. The van der Waals surface area contributed by atoms with E-state index in [0.717, 1.165) is 47.9 Å². The molecule has 1 atom stereocenters. The van der Waals surface area contributed by atoms with Crippen molar-refractivity contribution >= 4 is 58.5 Å². The van der Waals surface area contributed by atoms with E-state index >= 15 is 0 Å². The maximum absolute atomic E-state index is 14.0. The Morgan fingerprint density at radius 3 is 2.48 bits per heavy atom. The molecule has 5 amide bonds. The number of carbonyl (C=O) groups excluding carboxylic acids is 5. The van der Waals surface area contributed by atoms with Gasteiger partial charge in [-0.2, -0.15) is 0 Å². The molecule has 2 N–H and O–H groups in total. The van der Waals surface area contributed by atoms with Crippen molar-refractivity contribution in [2.24, 2.45) is 5.41 Å². The van der Waals surface area contributed by atoms with Crippen LogP contribution in [0.3, 0.4) is 0 Å². The van der Waals surface area contributed by atoms with Gasteiger partial charge in [-0.05, 0) is 92.0 Å². The maximum Gasteiger partial charge on any atom is 0.255 e. The van der Waals surface area contributed by atoms with E-state index in [4.69, 9.17) is 21.3 Å². The van der Waals surface area contributed by atoms with E-state index in [1.807, 2.05) is 53.4 Å². The number of nitrogens with one attached hydrogen (secondary N) is 2. The Morgan fingerprint density at radius 1 is 0.857 bits per heavy atom. The molecule has 6 heterocycles. The molecule has 3 saturated heterocycles. The van der Waals surface area contributed by atoms with Crippen LogP contribution in [-0.2, 0) is 25.7 Å². The number of aromatic nitrogens is 3. The molecule has 4 aliphatic rings. The number of hydrogen-bond donors (Lipinski definition) is 2. The van der Waals surface area contributed by atoms with Gasteiger partial charge in [0.05, 0.1) is 52.7 Å². The second kappa shape index (κ2) is 18.0. The van der Waals surface area contributed by atoms with E-state index in [1.165, 1.54) is 4.90 Å². The first-order chi connectivity index (χ1) is 30.6. The van der Waals surface area contributed by atoms with Crippen LogP contribution >= 0.6 is 11.6 Å². The average molecular weight is 867 g/mol. The highest BCUT2D eigenvalue weighted by Gasteiger charge is 2.49. The molecule has 14 nitrogen and oxygen atoms in total. The summed E-state index contributed by atoms with van der Waals surface area (Å²) in [5.74, 6) is 0.212. The molecule has 0 aliphatic carbocycles. The Bertz CT molecular complexity index is 2580. The lowest BCUT2D eigenvalue weighted by molar-refractivity contribution is -0.137. The summed E-state index contributed by atoms with van der Waals surface area (Å²) in [6, 6.07) is 24.7. The van der Waals surface area contributed by atoms with Crippen LogP contribution in [0.5, 0.6) is 5.75 Å². The maximum atomic E-state index is 14.0. The second-order valence-electron chi connectivity index (χ2n) is 16.6. The Morgan fingerprint density at radius 2 is 1.65 bits per heavy atom. The molecule has 0 bridgehead atoms. The summed E-state index contributed by atoms with van der Waals surface area (Å²) in [4.78, 5) is 83.0. The molecular weight excluding hydrogens is 820 g/mol. The zero-order chi connectivity index (χ0) is 43.5. The van der Waals surface area contributed by atoms with Crippen LogP contribution in [0.25, 0.3) is 22.4 Å². The van der Waals surface area contributed by atoms with Crippen LogP contribution in [0.4, 0.5) is 17.3 Å². The summed E-state index contributed by atoms with van der Waals surface area (Å²) < 4.78 is 5.98. The number of benzene rings is 3. The van der Waals surface area contributed by atoms with Crippen molar-refractivity contribution < 1.29 is 28.7 Å². The van der Waals surface area contributed by atoms with Crippen molar-refractivity contribution in [3.05, 3.63) is 114 Å². The summed E-state index contributed by atoms with van der Waals surface area (Å²) in [6.07, 6.45) is 10.2. The van der Waals surface area contributed by atoms with Crippen LogP contribution in [0.2, 0.25) is 5.02 Å². The van der Waals surface area contributed by atoms with E-state index in [0.29, 0.717) is 97.8 Å². The first-order valence-electron chi connectivity index (χ1n) is 21.5. The summed E-state index contributed by atoms with van der Waals surface area (Å²) in [5, 5.41) is 6.01. The van der Waals surface area contributed by atoms with Crippen molar-refractivity contribution in [2.45, 2.75) is 70.4 Å². The second-order valence-corrected chi connectivity index (χ2v) is 17.0. The van der Waals surface area contributed by atoms with Crippen LogP contribution < -0.4 is 20.3 Å². The monoisotopic (exact) mass is 866 g/mol. The average Bonchev–Trinajstić information content (AvgIpc) is 3.80. The molecule has 2 aromatic heterocycles. The van der Waals surface area contributed by atoms with E-state index in [2.05, 4.69) is 38.8 Å². The zero-order valence-electron chi connectivity index (χ0n) is 34.7. The Hall–Kier alpha value is -6.67. The molecule has 0 radical (unpaired) electrons. The van der Waals surface area contributed by atoms with Gasteiger partial charge >= 0.3 is 0 Å². The number of likely N-dealkylation sites (tertiary alicyclic amines) is 1. The van der Waals surface area contributed by atoms with Crippen molar-refractivity contribution in [3.63, 3.8) is 0 Å². The third-order valence-corrected chi connectivity index (χ3v) is 12.9. The molecule has 9 rings (SSSR count). The highest BCUT2D eigenvalue weighted by Crippen LogP contribution is 2.43. The topological polar surface area (TPSA) is 167 Å². The lowest BCUT2D eigenvalue weighted by Crippen LogP contribution is -2.52. The molecule has 4 aliphatic heterocycles. The van der Waals surface area contributed by atoms with Gasteiger partial charge in [-0.15, -0.1) is 0 Å². The molecular formula is C48H47ClN8O6. The standard InChI is InChI=1S/C48H47ClN8O6/c49-39-29-51-47(54-43(39)33-11-7-10-32(24-33)31-8-3-1-4-9-31)52-35-26-36(28-50-27-35)56-22-19-48(46(56)62)17-20-55(21-18-48)42(59)12-5-2-6-23-63-37-13-14-38-34(25-37)30-57(45(38)61)40-15-16-41(58)53-44(40)60/h1,3-4,7-11,13-14,24-29,40H,2,5-6,12,15-23,30H2,(H,51,52,54)(H,53,58,60). The number of imide groups is 1. The minimum absolute atomic E-state index is 0.0680. The SMILES string of the molecule is O=C1CCC(N2Cc3cc(OCCCCCC(=O)N4CCC5(CC4)CCN(c4cncc(Nc6ncc(Cl)c(-c7cccc(-c8ccccc8)c7)n6)c4)C5=O)ccc3C2=O)C(=O)N1. The van der Waals surface area contributed by atoms with Gasteiger partial charge in [0.2, 0.25) is 29.6 Å². The Balaban J connectivity index is 0.722. The van der Waals surface area contributed by atoms with Crippen LogP contribution in [0.1, 0.15) is 73.7 Å². The number of fused-ring (bicyclic) bond motifs is 1. The molecule has 0 saturated carbocycles. The van der Waals surface area contributed by atoms with Gasteiger partial charge in [0, 0.05) is 50.1 Å². The fourth-order valence-corrected chi connectivity index (χ4v) is 9.34. The van der Waals surface area contributed by atoms with Crippen molar-refractivity contribution in [2.75, 3.05) is 36.5 Å². The van der Waals surface area contributed by atoms with E-state index < -0.39 is 17.4 Å². The third kappa shape index (κ3) is 8.85. The van der Waals surface area contributed by atoms with Gasteiger partial charge in [-0.3, -0.25) is 34.3 Å². The molecule has 15 heteroatoms. The summed E-state index contributed by atoms with van der Waals surface area (Å²) in [6.45, 7) is 2.44. The summed E-state index contributed by atoms with van der Waals surface area (Å²) in [7, 11) is 0. The molecule has 1 unspecified atom stereocenters. The first-order valence-corrected chi connectivity index (χ1v) is 21.9. The number of amides is 5. The number of anilines is 3. The number of pyridine rings is 1. The number of carbonyl (C=O) groups is 5. The number of halogens is 1. The van der Waals surface area contributed by atoms with Gasteiger partial charge in [-0.25, -0.2) is 9.97 Å². The van der Waals surface area contributed by atoms with Gasteiger partial charge in [0.1, 0.15) is 11.8 Å². The smallest absolute Gasteiger partial charge is 0.255 e. The van der Waals surface area contributed by atoms with Gasteiger partial charge in [0.25, 0.3) is 5.91 Å². The number of hydrogen-bond acceptors (Lipinski definition) is 10. The lowest BCUT2D eigenvalue weighted by atomic mass is 9.77. The number of ether oxygens (including phenoxy) is 1. The predicted octanol–water partition coefficient (Wildman–Crippen LogP) is 7.35. The van der Waals surface area contributed by atoms with E-state index in [1.54, 1.807) is 35.6 Å². The van der Waals surface area contributed by atoms with Crippen molar-refractivity contribution in [3.8, 4) is 28.1 Å².